The third-order valence-electron chi connectivity index (χ3n) is 3.34. The molecule has 1 N–H and O–H groups in total. The molecule has 0 atom stereocenters. The minimum absolute atomic E-state index is 0.870. The van der Waals surface area contributed by atoms with Gasteiger partial charge in [-0.25, -0.2) is 4.98 Å². The largest absolute Gasteiger partial charge is 0.497 e. The van der Waals surface area contributed by atoms with Crippen LogP contribution in [0.2, 0.25) is 0 Å². The molecule has 0 aliphatic heterocycles. The Hall–Kier alpha value is -2.07. The van der Waals surface area contributed by atoms with Crippen LogP contribution in [0.1, 0.15) is 33.3 Å². The van der Waals surface area contributed by atoms with Crippen LogP contribution >= 0.6 is 11.3 Å². The van der Waals surface area contributed by atoms with Crippen molar-refractivity contribution >= 4 is 27.2 Å². The van der Waals surface area contributed by atoms with Gasteiger partial charge >= 0.3 is 0 Å². The van der Waals surface area contributed by atoms with Crippen LogP contribution in [0.3, 0.4) is 0 Å². The monoisotopic (exact) mass is 344 g/mol. The molecular formula is C20H28N2OS. The fourth-order valence-electron chi connectivity index (χ4n) is 2.23. The van der Waals surface area contributed by atoms with Gasteiger partial charge in [-0.2, -0.15) is 0 Å². The number of fused-ring (bicyclic) bond motifs is 1. The summed E-state index contributed by atoms with van der Waals surface area (Å²) < 4.78 is 6.41. The van der Waals surface area contributed by atoms with Crippen LogP contribution < -0.4 is 10.1 Å². The Morgan fingerprint density at radius 2 is 1.71 bits per heavy atom. The number of aromatic nitrogens is 1. The Bertz CT molecular complexity index is 765. The summed E-state index contributed by atoms with van der Waals surface area (Å²) in [4.78, 5) is 4.70. The number of benzene rings is 2. The highest BCUT2D eigenvalue weighted by atomic mass is 32.1. The number of ether oxygens (including phenoxy) is 1. The zero-order valence-electron chi connectivity index (χ0n) is 15.7. The van der Waals surface area contributed by atoms with Gasteiger partial charge in [0.1, 0.15) is 10.8 Å². The summed E-state index contributed by atoms with van der Waals surface area (Å²) in [6, 6.07) is 12.3. The Kier molecular flexibility index (Phi) is 8.27. The summed E-state index contributed by atoms with van der Waals surface area (Å²) >= 11 is 1.69. The number of anilines is 1. The van der Waals surface area contributed by atoms with E-state index in [0.717, 1.165) is 32.2 Å². The van der Waals surface area contributed by atoms with Gasteiger partial charge in [0.05, 0.1) is 17.3 Å². The number of methoxy groups -OCH3 is 1. The van der Waals surface area contributed by atoms with E-state index < -0.39 is 0 Å². The third kappa shape index (κ3) is 4.48. The first-order valence-electron chi connectivity index (χ1n) is 8.44. The van der Waals surface area contributed by atoms with E-state index in [1.54, 1.807) is 18.4 Å². The van der Waals surface area contributed by atoms with Crippen LogP contribution in [0.25, 0.3) is 20.8 Å². The molecule has 2 aromatic carbocycles. The van der Waals surface area contributed by atoms with Gasteiger partial charge < -0.3 is 10.1 Å². The minimum Gasteiger partial charge on any atom is -0.497 e. The second-order valence-electron chi connectivity index (χ2n) is 4.63. The zero-order chi connectivity index (χ0) is 18.1. The normalized spacial score (nSPS) is 9.46. The maximum Gasteiger partial charge on any atom is 0.124 e. The second-order valence-corrected chi connectivity index (χ2v) is 5.66. The highest BCUT2D eigenvalue weighted by molar-refractivity contribution is 7.21. The van der Waals surface area contributed by atoms with E-state index in [1.807, 2.05) is 52.9 Å². The lowest BCUT2D eigenvalue weighted by Crippen LogP contribution is -1.91. The summed E-state index contributed by atoms with van der Waals surface area (Å²) in [6.07, 6.45) is 0. The van der Waals surface area contributed by atoms with Gasteiger partial charge in [-0.05, 0) is 48.9 Å². The van der Waals surface area contributed by atoms with Crippen molar-refractivity contribution in [2.24, 2.45) is 0 Å². The summed E-state index contributed by atoms with van der Waals surface area (Å²) in [6.45, 7) is 10.1. The standard InChI is InChI=1S/C16H16N2OS.2C2H6/c1-10-8-11(4-6-13(10)17-2)16-18-14-7-5-12(19-3)9-15(14)20-16;2*1-2/h4-9,17H,1-3H3;2*1-2H3. The van der Waals surface area contributed by atoms with Crippen LogP contribution in [0.5, 0.6) is 5.75 Å². The van der Waals surface area contributed by atoms with Crippen molar-refractivity contribution in [3.8, 4) is 16.3 Å². The molecule has 130 valence electrons. The number of rotatable bonds is 3. The van der Waals surface area contributed by atoms with Crippen LogP contribution in [-0.4, -0.2) is 19.1 Å². The molecule has 0 aliphatic carbocycles. The predicted octanol–water partition coefficient (Wildman–Crippen LogP) is 6.37. The van der Waals surface area contributed by atoms with Crippen molar-refractivity contribution in [1.82, 2.24) is 4.98 Å². The molecule has 0 unspecified atom stereocenters. The fraction of sp³-hybridized carbons (Fsp3) is 0.350. The molecule has 0 radical (unpaired) electrons. The number of thiazole rings is 1. The number of aryl methyl sites for hydroxylation is 1. The first-order valence-corrected chi connectivity index (χ1v) is 9.26. The lowest BCUT2D eigenvalue weighted by Gasteiger charge is -2.05. The zero-order valence-corrected chi connectivity index (χ0v) is 16.5. The average Bonchev–Trinajstić information content (AvgIpc) is 3.08. The predicted molar refractivity (Wildman–Crippen MR) is 109 cm³/mol. The first kappa shape index (κ1) is 20.0. The molecule has 0 fully saturated rings. The highest BCUT2D eigenvalue weighted by Gasteiger charge is 2.08. The molecule has 4 heteroatoms. The lowest BCUT2D eigenvalue weighted by atomic mass is 10.1. The van der Waals surface area contributed by atoms with E-state index in [0.29, 0.717) is 0 Å². The van der Waals surface area contributed by atoms with Crippen molar-refractivity contribution in [2.75, 3.05) is 19.5 Å². The summed E-state index contributed by atoms with van der Waals surface area (Å²) in [5, 5.41) is 4.22. The van der Waals surface area contributed by atoms with E-state index in [-0.39, 0.29) is 0 Å². The first-order chi connectivity index (χ1) is 11.7. The molecule has 0 amide bonds. The van der Waals surface area contributed by atoms with Crippen molar-refractivity contribution in [2.45, 2.75) is 34.6 Å². The van der Waals surface area contributed by atoms with Crippen molar-refractivity contribution in [3.05, 3.63) is 42.0 Å². The molecular weight excluding hydrogens is 316 g/mol. The highest BCUT2D eigenvalue weighted by Crippen LogP contribution is 2.33. The third-order valence-corrected chi connectivity index (χ3v) is 4.41. The van der Waals surface area contributed by atoms with Crippen LogP contribution in [-0.2, 0) is 0 Å². The number of hydrogen-bond donors (Lipinski definition) is 1. The van der Waals surface area contributed by atoms with Gasteiger partial charge in [0.15, 0.2) is 0 Å². The Balaban J connectivity index is 0.000000671. The Labute approximate surface area is 149 Å². The van der Waals surface area contributed by atoms with E-state index in [9.17, 15) is 0 Å². The molecule has 0 bridgehead atoms. The Morgan fingerprint density at radius 3 is 2.29 bits per heavy atom. The van der Waals surface area contributed by atoms with Crippen LogP contribution in [0, 0.1) is 6.92 Å². The molecule has 24 heavy (non-hydrogen) atoms. The average molecular weight is 345 g/mol. The van der Waals surface area contributed by atoms with Crippen LogP contribution in [0.15, 0.2) is 36.4 Å². The quantitative estimate of drug-likeness (QED) is 0.599. The van der Waals surface area contributed by atoms with Gasteiger partial charge in [-0.3, -0.25) is 0 Å². The van der Waals surface area contributed by atoms with Gasteiger partial charge in [0, 0.05) is 18.3 Å². The Morgan fingerprint density at radius 1 is 1.00 bits per heavy atom. The molecule has 0 saturated carbocycles. The van der Waals surface area contributed by atoms with E-state index in [2.05, 4.69) is 30.4 Å². The van der Waals surface area contributed by atoms with Crippen molar-refractivity contribution < 1.29 is 4.74 Å². The van der Waals surface area contributed by atoms with Crippen LogP contribution in [0.4, 0.5) is 5.69 Å². The molecule has 0 saturated heterocycles. The second kappa shape index (κ2) is 9.93. The lowest BCUT2D eigenvalue weighted by molar-refractivity contribution is 0.415. The maximum absolute atomic E-state index is 5.26. The van der Waals surface area contributed by atoms with Gasteiger partial charge in [-0.15, -0.1) is 11.3 Å². The van der Waals surface area contributed by atoms with Gasteiger partial charge in [0.2, 0.25) is 0 Å². The molecule has 3 rings (SSSR count). The number of hydrogen-bond acceptors (Lipinski definition) is 4. The topological polar surface area (TPSA) is 34.2 Å². The van der Waals surface area contributed by atoms with Gasteiger partial charge in [0.25, 0.3) is 0 Å². The minimum atomic E-state index is 0.870. The summed E-state index contributed by atoms with van der Waals surface area (Å²) in [5.74, 6) is 0.870. The smallest absolute Gasteiger partial charge is 0.124 e. The molecule has 3 nitrogen and oxygen atoms in total. The van der Waals surface area contributed by atoms with E-state index >= 15 is 0 Å². The molecule has 1 aromatic heterocycles. The maximum atomic E-state index is 5.26. The van der Waals surface area contributed by atoms with E-state index in [1.165, 1.54) is 5.56 Å². The van der Waals surface area contributed by atoms with Crippen molar-refractivity contribution in [1.29, 1.82) is 0 Å². The van der Waals surface area contributed by atoms with Crippen molar-refractivity contribution in [3.63, 3.8) is 0 Å². The number of nitrogens with zero attached hydrogens (tertiary/aromatic N) is 1. The SMILES string of the molecule is CC.CC.CNc1ccc(-c2nc3ccc(OC)cc3s2)cc1C. The summed E-state index contributed by atoms with van der Waals surface area (Å²) in [7, 11) is 3.62. The molecule has 0 aliphatic rings. The van der Waals surface area contributed by atoms with Gasteiger partial charge in [-0.1, -0.05) is 27.7 Å². The molecule has 3 aromatic rings. The molecule has 1 heterocycles. The fourth-order valence-corrected chi connectivity index (χ4v) is 3.22. The van der Waals surface area contributed by atoms with E-state index in [4.69, 9.17) is 9.72 Å². The molecule has 0 spiro atoms. The number of nitrogens with one attached hydrogen (secondary N) is 1. The summed E-state index contributed by atoms with van der Waals surface area (Å²) in [5.41, 5.74) is 4.54.